The van der Waals surface area contributed by atoms with Crippen LogP contribution in [0.4, 0.5) is 0 Å². The van der Waals surface area contributed by atoms with Gasteiger partial charge in [-0.2, -0.15) is 0 Å². The van der Waals surface area contributed by atoms with Gasteiger partial charge >= 0.3 is 0 Å². The molecule has 1 saturated heterocycles. The zero-order valence-electron chi connectivity index (χ0n) is 10.9. The summed E-state index contributed by atoms with van der Waals surface area (Å²) in [6.45, 7) is 1.97. The Bertz CT molecular complexity index is 418. The molecule has 0 N–H and O–H groups in total. The highest BCUT2D eigenvalue weighted by molar-refractivity contribution is 14.1. The predicted molar refractivity (Wildman–Crippen MR) is 81.8 cm³/mol. The molecule has 3 nitrogen and oxygen atoms in total. The van der Waals surface area contributed by atoms with Gasteiger partial charge < -0.3 is 9.80 Å². The summed E-state index contributed by atoms with van der Waals surface area (Å²) in [6, 6.07) is 8.27. The number of carbonyl (C=O) groups excluding carboxylic acids is 1. The highest BCUT2D eigenvalue weighted by Crippen LogP contribution is 2.16. The van der Waals surface area contributed by atoms with Crippen LogP contribution in [0.3, 0.4) is 0 Å². The number of rotatable bonds is 3. The lowest BCUT2D eigenvalue weighted by Crippen LogP contribution is -2.39. The van der Waals surface area contributed by atoms with Crippen LogP contribution in [0.1, 0.15) is 23.2 Å². The van der Waals surface area contributed by atoms with Crippen molar-refractivity contribution in [3.05, 3.63) is 33.4 Å². The minimum atomic E-state index is 0.117. The molecule has 0 aliphatic carbocycles. The Morgan fingerprint density at radius 1 is 1.44 bits per heavy atom. The molecular formula is C14H19IN2O. The lowest BCUT2D eigenvalue weighted by molar-refractivity contribution is 0.0761. The van der Waals surface area contributed by atoms with E-state index in [-0.39, 0.29) is 5.91 Å². The average molecular weight is 358 g/mol. The molecule has 18 heavy (non-hydrogen) atoms. The summed E-state index contributed by atoms with van der Waals surface area (Å²) < 4.78 is 1.15. The summed E-state index contributed by atoms with van der Waals surface area (Å²) in [4.78, 5) is 16.4. The first kappa shape index (κ1) is 13.8. The molecule has 0 aromatic heterocycles. The topological polar surface area (TPSA) is 23.6 Å². The molecule has 4 heteroatoms. The molecule has 1 aromatic rings. The predicted octanol–water partition coefficient (Wildman–Crippen LogP) is 2.46. The molecule has 1 aromatic carbocycles. The summed E-state index contributed by atoms with van der Waals surface area (Å²) in [5.74, 6) is 0.117. The number of hydrogen-bond donors (Lipinski definition) is 0. The number of amides is 1. The van der Waals surface area contributed by atoms with E-state index >= 15 is 0 Å². The molecule has 98 valence electrons. The van der Waals surface area contributed by atoms with E-state index in [0.29, 0.717) is 6.04 Å². The van der Waals surface area contributed by atoms with Crippen molar-refractivity contribution in [2.45, 2.75) is 18.9 Å². The quantitative estimate of drug-likeness (QED) is 0.775. The number of benzene rings is 1. The van der Waals surface area contributed by atoms with Gasteiger partial charge in [-0.15, -0.1) is 0 Å². The molecule has 1 heterocycles. The lowest BCUT2D eigenvalue weighted by Gasteiger charge is -2.26. The number of hydrogen-bond acceptors (Lipinski definition) is 2. The van der Waals surface area contributed by atoms with E-state index in [0.717, 1.165) is 22.2 Å². The molecule has 1 atom stereocenters. The maximum atomic E-state index is 12.3. The van der Waals surface area contributed by atoms with E-state index in [1.807, 2.05) is 36.2 Å². The van der Waals surface area contributed by atoms with Gasteiger partial charge in [-0.3, -0.25) is 4.79 Å². The van der Waals surface area contributed by atoms with Crippen LogP contribution >= 0.6 is 22.6 Å². The Morgan fingerprint density at radius 2 is 2.11 bits per heavy atom. The fraction of sp³-hybridized carbons (Fsp3) is 0.500. The summed E-state index contributed by atoms with van der Waals surface area (Å²) >= 11 is 2.25. The third-order valence-corrected chi connectivity index (χ3v) is 4.31. The fourth-order valence-corrected chi connectivity index (χ4v) is 2.78. The second kappa shape index (κ2) is 6.02. The van der Waals surface area contributed by atoms with Gasteiger partial charge in [0.15, 0.2) is 0 Å². The molecule has 1 aliphatic rings. The first-order valence-corrected chi connectivity index (χ1v) is 7.37. The van der Waals surface area contributed by atoms with Gasteiger partial charge in [0.05, 0.1) is 0 Å². The van der Waals surface area contributed by atoms with Crippen LogP contribution in [0.5, 0.6) is 0 Å². The van der Waals surface area contributed by atoms with Gasteiger partial charge in [-0.05, 0) is 73.3 Å². The van der Waals surface area contributed by atoms with Crippen molar-refractivity contribution in [1.29, 1.82) is 0 Å². The van der Waals surface area contributed by atoms with Crippen molar-refractivity contribution in [2.75, 3.05) is 27.2 Å². The number of halogens is 1. The largest absolute Gasteiger partial charge is 0.340 e. The molecule has 1 fully saturated rings. The fourth-order valence-electron chi connectivity index (χ4n) is 2.42. The van der Waals surface area contributed by atoms with Crippen LogP contribution in [0.25, 0.3) is 0 Å². The Labute approximate surface area is 122 Å². The Balaban J connectivity index is 1.98. The number of likely N-dealkylation sites (tertiary alicyclic amines) is 1. The standard InChI is InChI=1S/C14H19IN2O/c1-16-9-3-4-13(16)10-17(2)14(18)11-5-7-12(15)8-6-11/h5-8,13H,3-4,9-10H2,1-2H3. The minimum absolute atomic E-state index is 0.117. The van der Waals surface area contributed by atoms with Crippen LogP contribution in [0, 0.1) is 3.57 Å². The number of likely N-dealkylation sites (N-methyl/N-ethyl adjacent to an activating group) is 2. The monoisotopic (exact) mass is 358 g/mol. The SMILES string of the molecule is CN(CC1CCCN1C)C(=O)c1ccc(I)cc1. The van der Waals surface area contributed by atoms with E-state index in [9.17, 15) is 4.79 Å². The van der Waals surface area contributed by atoms with Gasteiger partial charge in [0, 0.05) is 28.8 Å². The van der Waals surface area contributed by atoms with E-state index in [2.05, 4.69) is 34.5 Å². The number of nitrogens with zero attached hydrogens (tertiary/aromatic N) is 2. The lowest BCUT2D eigenvalue weighted by atomic mass is 10.1. The molecule has 2 rings (SSSR count). The van der Waals surface area contributed by atoms with Crippen molar-refractivity contribution >= 4 is 28.5 Å². The molecule has 1 aliphatic heterocycles. The van der Waals surface area contributed by atoms with Gasteiger partial charge in [-0.25, -0.2) is 0 Å². The van der Waals surface area contributed by atoms with Gasteiger partial charge in [0.25, 0.3) is 5.91 Å². The van der Waals surface area contributed by atoms with E-state index in [1.54, 1.807) is 0 Å². The van der Waals surface area contributed by atoms with Crippen LogP contribution in [-0.2, 0) is 0 Å². The molecule has 0 spiro atoms. The highest BCUT2D eigenvalue weighted by Gasteiger charge is 2.24. The first-order valence-electron chi connectivity index (χ1n) is 6.29. The zero-order chi connectivity index (χ0) is 13.1. The van der Waals surface area contributed by atoms with Gasteiger partial charge in [-0.1, -0.05) is 0 Å². The van der Waals surface area contributed by atoms with Crippen molar-refractivity contribution < 1.29 is 4.79 Å². The van der Waals surface area contributed by atoms with Crippen molar-refractivity contribution in [2.24, 2.45) is 0 Å². The average Bonchev–Trinajstić information content (AvgIpc) is 2.75. The maximum Gasteiger partial charge on any atom is 0.253 e. The third kappa shape index (κ3) is 3.23. The summed E-state index contributed by atoms with van der Waals surface area (Å²) in [5, 5.41) is 0. The summed E-state index contributed by atoms with van der Waals surface area (Å²) in [6.07, 6.45) is 2.44. The van der Waals surface area contributed by atoms with E-state index in [4.69, 9.17) is 0 Å². The second-order valence-corrected chi connectivity index (χ2v) is 6.21. The molecule has 1 unspecified atom stereocenters. The van der Waals surface area contributed by atoms with Crippen LogP contribution in [0.2, 0.25) is 0 Å². The normalized spacial score (nSPS) is 20.1. The smallest absolute Gasteiger partial charge is 0.253 e. The minimum Gasteiger partial charge on any atom is -0.340 e. The van der Waals surface area contributed by atoms with Crippen LogP contribution < -0.4 is 0 Å². The summed E-state index contributed by atoms with van der Waals surface area (Å²) in [7, 11) is 4.04. The molecule has 0 bridgehead atoms. The Morgan fingerprint density at radius 3 is 2.67 bits per heavy atom. The van der Waals surface area contributed by atoms with Crippen molar-refractivity contribution in [3.63, 3.8) is 0 Å². The Hall–Kier alpha value is -0.620. The molecule has 0 radical (unpaired) electrons. The zero-order valence-corrected chi connectivity index (χ0v) is 13.1. The third-order valence-electron chi connectivity index (χ3n) is 3.59. The molecular weight excluding hydrogens is 339 g/mol. The van der Waals surface area contributed by atoms with Crippen LogP contribution in [-0.4, -0.2) is 48.9 Å². The van der Waals surface area contributed by atoms with E-state index < -0.39 is 0 Å². The Kier molecular flexibility index (Phi) is 4.61. The highest BCUT2D eigenvalue weighted by atomic mass is 127. The molecule has 1 amide bonds. The first-order chi connectivity index (χ1) is 8.58. The maximum absolute atomic E-state index is 12.3. The summed E-state index contributed by atoms with van der Waals surface area (Å²) in [5.41, 5.74) is 0.776. The van der Waals surface area contributed by atoms with Crippen molar-refractivity contribution in [1.82, 2.24) is 9.80 Å². The van der Waals surface area contributed by atoms with Gasteiger partial charge in [0.1, 0.15) is 0 Å². The van der Waals surface area contributed by atoms with Crippen molar-refractivity contribution in [3.8, 4) is 0 Å². The van der Waals surface area contributed by atoms with Crippen LogP contribution in [0.15, 0.2) is 24.3 Å². The van der Waals surface area contributed by atoms with E-state index in [1.165, 1.54) is 12.8 Å². The van der Waals surface area contributed by atoms with Gasteiger partial charge in [0.2, 0.25) is 0 Å². The molecule has 0 saturated carbocycles. The second-order valence-electron chi connectivity index (χ2n) is 4.97. The number of carbonyl (C=O) groups is 1.